The molecular formula is C23H28N2O5. The number of amides is 2. The van der Waals surface area contributed by atoms with Crippen molar-refractivity contribution in [3.05, 3.63) is 59.7 Å². The van der Waals surface area contributed by atoms with Gasteiger partial charge in [0.15, 0.2) is 6.10 Å². The molecule has 0 aliphatic heterocycles. The molecule has 2 atom stereocenters. The molecule has 2 aromatic rings. The van der Waals surface area contributed by atoms with E-state index >= 15 is 0 Å². The lowest BCUT2D eigenvalue weighted by Crippen LogP contribution is -2.47. The number of hydrogen-bond donors (Lipinski definition) is 2. The highest BCUT2D eigenvalue weighted by Gasteiger charge is 2.30. The Hall–Kier alpha value is -3.35. The maximum Gasteiger partial charge on any atom is 0.329 e. The van der Waals surface area contributed by atoms with Crippen molar-refractivity contribution in [1.82, 2.24) is 5.32 Å². The second-order valence-electron chi connectivity index (χ2n) is 7.33. The molecular weight excluding hydrogens is 384 g/mol. The third kappa shape index (κ3) is 6.07. The molecule has 7 nitrogen and oxygen atoms in total. The Kier molecular flexibility index (Phi) is 7.98. The predicted molar refractivity (Wildman–Crippen MR) is 114 cm³/mol. The van der Waals surface area contributed by atoms with E-state index in [4.69, 9.17) is 9.47 Å². The highest BCUT2D eigenvalue weighted by atomic mass is 16.5. The van der Waals surface area contributed by atoms with Gasteiger partial charge in [-0.15, -0.1) is 0 Å². The molecule has 7 heteroatoms. The van der Waals surface area contributed by atoms with E-state index in [9.17, 15) is 14.4 Å². The molecule has 0 saturated heterocycles. The van der Waals surface area contributed by atoms with Crippen LogP contribution in [0.1, 0.15) is 36.7 Å². The van der Waals surface area contributed by atoms with Crippen molar-refractivity contribution in [1.29, 1.82) is 0 Å². The minimum Gasteiger partial charge on any atom is -0.496 e. The average Bonchev–Trinajstić information content (AvgIpc) is 2.72. The van der Waals surface area contributed by atoms with Crippen LogP contribution in [-0.2, 0) is 14.3 Å². The second kappa shape index (κ2) is 10.4. The highest BCUT2D eigenvalue weighted by Crippen LogP contribution is 2.18. The van der Waals surface area contributed by atoms with E-state index < -0.39 is 29.9 Å². The monoisotopic (exact) mass is 412 g/mol. The smallest absolute Gasteiger partial charge is 0.329 e. The first-order valence-corrected chi connectivity index (χ1v) is 9.74. The molecule has 2 aromatic carbocycles. The van der Waals surface area contributed by atoms with Gasteiger partial charge >= 0.3 is 5.97 Å². The van der Waals surface area contributed by atoms with Crippen molar-refractivity contribution in [3.8, 4) is 5.75 Å². The summed E-state index contributed by atoms with van der Waals surface area (Å²) in [5.41, 5.74) is 1.99. The SMILES string of the molecule is COc1ccccc1C(=O)N[C@H](C(=O)O[C@H](C)C(=O)Nc1ccc(C)cc1)C(C)C. The standard InChI is InChI=1S/C23H28N2O5/c1-14(2)20(25-22(27)18-8-6-7-9-19(18)29-5)23(28)30-16(4)21(26)24-17-12-10-15(3)11-13-17/h6-14,16,20H,1-5H3,(H,24,26)(H,25,27)/t16-,20+/m1/s1. The Morgan fingerprint density at radius 2 is 1.57 bits per heavy atom. The van der Waals surface area contributed by atoms with Crippen LogP contribution in [0.4, 0.5) is 5.69 Å². The van der Waals surface area contributed by atoms with Crippen LogP contribution < -0.4 is 15.4 Å². The summed E-state index contributed by atoms with van der Waals surface area (Å²) in [5, 5.41) is 5.39. The number of benzene rings is 2. The molecule has 0 bridgehead atoms. The van der Waals surface area contributed by atoms with Gasteiger partial charge in [-0.2, -0.15) is 0 Å². The number of nitrogens with one attached hydrogen (secondary N) is 2. The van der Waals surface area contributed by atoms with Gasteiger partial charge in [-0.25, -0.2) is 4.79 Å². The third-order valence-electron chi connectivity index (χ3n) is 4.54. The summed E-state index contributed by atoms with van der Waals surface area (Å²) < 4.78 is 10.5. The maximum absolute atomic E-state index is 12.7. The topological polar surface area (TPSA) is 93.7 Å². The van der Waals surface area contributed by atoms with Crippen LogP contribution in [0, 0.1) is 12.8 Å². The number of aryl methyl sites for hydroxylation is 1. The minimum absolute atomic E-state index is 0.247. The molecule has 2 N–H and O–H groups in total. The number of rotatable bonds is 8. The molecule has 0 aliphatic rings. The summed E-state index contributed by atoms with van der Waals surface area (Å²) in [5.74, 6) is -1.44. The fraction of sp³-hybridized carbons (Fsp3) is 0.348. The molecule has 0 radical (unpaired) electrons. The van der Waals surface area contributed by atoms with E-state index in [0.29, 0.717) is 17.0 Å². The molecule has 0 saturated carbocycles. The van der Waals surface area contributed by atoms with E-state index in [1.807, 2.05) is 19.1 Å². The number of hydrogen-bond acceptors (Lipinski definition) is 5. The maximum atomic E-state index is 12.7. The normalized spacial score (nSPS) is 12.6. The Morgan fingerprint density at radius 1 is 0.933 bits per heavy atom. The lowest BCUT2D eigenvalue weighted by molar-refractivity contribution is -0.156. The molecule has 0 aliphatic carbocycles. The number of carbonyl (C=O) groups excluding carboxylic acids is 3. The lowest BCUT2D eigenvalue weighted by Gasteiger charge is -2.23. The molecule has 0 fully saturated rings. The van der Waals surface area contributed by atoms with Crippen LogP contribution >= 0.6 is 0 Å². The highest BCUT2D eigenvalue weighted by molar-refractivity contribution is 6.00. The molecule has 2 amide bonds. The van der Waals surface area contributed by atoms with Crippen molar-refractivity contribution >= 4 is 23.5 Å². The van der Waals surface area contributed by atoms with Gasteiger partial charge in [-0.05, 0) is 44.0 Å². The third-order valence-corrected chi connectivity index (χ3v) is 4.54. The average molecular weight is 412 g/mol. The van der Waals surface area contributed by atoms with E-state index in [1.54, 1.807) is 50.2 Å². The van der Waals surface area contributed by atoms with Crippen LogP contribution in [0.5, 0.6) is 5.75 Å². The van der Waals surface area contributed by atoms with Crippen LogP contribution in [0.3, 0.4) is 0 Å². The number of ether oxygens (including phenoxy) is 2. The van der Waals surface area contributed by atoms with Crippen molar-refractivity contribution in [2.24, 2.45) is 5.92 Å². The summed E-state index contributed by atoms with van der Waals surface area (Å²) in [6, 6.07) is 13.1. The Labute approximate surface area is 176 Å². The summed E-state index contributed by atoms with van der Waals surface area (Å²) in [6.07, 6.45) is -1.02. The van der Waals surface area contributed by atoms with Crippen molar-refractivity contribution < 1.29 is 23.9 Å². The van der Waals surface area contributed by atoms with Crippen LogP contribution in [-0.4, -0.2) is 37.0 Å². The van der Waals surface area contributed by atoms with Crippen molar-refractivity contribution in [2.45, 2.75) is 39.8 Å². The summed E-state index contributed by atoms with van der Waals surface area (Å²) in [7, 11) is 1.47. The van der Waals surface area contributed by atoms with E-state index in [0.717, 1.165) is 5.56 Å². The fourth-order valence-corrected chi connectivity index (χ4v) is 2.73. The molecule has 0 spiro atoms. The summed E-state index contributed by atoms with van der Waals surface area (Å²) >= 11 is 0. The van der Waals surface area contributed by atoms with Gasteiger partial charge < -0.3 is 20.1 Å². The summed E-state index contributed by atoms with van der Waals surface area (Å²) in [6.45, 7) is 7.00. The Bertz CT molecular complexity index is 893. The zero-order chi connectivity index (χ0) is 22.3. The van der Waals surface area contributed by atoms with Gasteiger partial charge in [0.2, 0.25) is 0 Å². The molecule has 30 heavy (non-hydrogen) atoms. The Balaban J connectivity index is 2.03. The van der Waals surface area contributed by atoms with Crippen molar-refractivity contribution in [2.75, 3.05) is 12.4 Å². The number of esters is 1. The molecule has 160 valence electrons. The molecule has 0 aromatic heterocycles. The second-order valence-corrected chi connectivity index (χ2v) is 7.33. The number of carbonyl (C=O) groups is 3. The fourth-order valence-electron chi connectivity index (χ4n) is 2.73. The minimum atomic E-state index is -1.02. The first-order valence-electron chi connectivity index (χ1n) is 9.74. The van der Waals surface area contributed by atoms with Gasteiger partial charge in [0, 0.05) is 5.69 Å². The van der Waals surface area contributed by atoms with Gasteiger partial charge in [0.1, 0.15) is 11.8 Å². The Morgan fingerprint density at radius 3 is 2.17 bits per heavy atom. The van der Waals surface area contributed by atoms with Gasteiger partial charge in [-0.3, -0.25) is 9.59 Å². The first kappa shape index (κ1) is 22.9. The quantitative estimate of drug-likeness (QED) is 0.649. The van der Waals surface area contributed by atoms with E-state index in [2.05, 4.69) is 10.6 Å². The molecule has 0 heterocycles. The van der Waals surface area contributed by atoms with Crippen LogP contribution in [0.2, 0.25) is 0 Å². The van der Waals surface area contributed by atoms with E-state index in [-0.39, 0.29) is 5.92 Å². The molecule has 0 unspecified atom stereocenters. The lowest BCUT2D eigenvalue weighted by atomic mass is 10.0. The van der Waals surface area contributed by atoms with Gasteiger partial charge in [0.05, 0.1) is 12.7 Å². The van der Waals surface area contributed by atoms with Gasteiger partial charge in [0.25, 0.3) is 11.8 Å². The largest absolute Gasteiger partial charge is 0.496 e. The van der Waals surface area contributed by atoms with E-state index in [1.165, 1.54) is 14.0 Å². The van der Waals surface area contributed by atoms with Crippen LogP contribution in [0.25, 0.3) is 0 Å². The first-order chi connectivity index (χ1) is 14.2. The number of anilines is 1. The van der Waals surface area contributed by atoms with Crippen LogP contribution in [0.15, 0.2) is 48.5 Å². The zero-order valence-electron chi connectivity index (χ0n) is 17.9. The zero-order valence-corrected chi connectivity index (χ0v) is 17.9. The summed E-state index contributed by atoms with van der Waals surface area (Å²) in [4.78, 5) is 37.7. The predicted octanol–water partition coefficient (Wildman–Crippen LogP) is 3.33. The number of methoxy groups -OCH3 is 1. The van der Waals surface area contributed by atoms with Crippen molar-refractivity contribution in [3.63, 3.8) is 0 Å². The van der Waals surface area contributed by atoms with Gasteiger partial charge in [-0.1, -0.05) is 43.7 Å². The molecule has 2 rings (SSSR count). The number of para-hydroxylation sites is 1.